The van der Waals surface area contributed by atoms with Crippen LogP contribution in [0.3, 0.4) is 0 Å². The number of alkyl carbamates (subject to hydrolysis) is 1. The molecule has 22 heteroatoms. The van der Waals surface area contributed by atoms with Crippen molar-refractivity contribution in [1.82, 2.24) is 32.2 Å². The second-order valence-corrected chi connectivity index (χ2v) is 18.3. The summed E-state index contributed by atoms with van der Waals surface area (Å²) in [6.07, 6.45) is 7.55. The fourth-order valence-corrected chi connectivity index (χ4v) is 6.65. The van der Waals surface area contributed by atoms with Crippen molar-refractivity contribution in [1.29, 1.82) is 0 Å². The van der Waals surface area contributed by atoms with Crippen LogP contribution in [0.25, 0.3) is 0 Å². The molecule has 21 nitrogen and oxygen atoms in total. The summed E-state index contributed by atoms with van der Waals surface area (Å²) >= 11 is 0. The van der Waals surface area contributed by atoms with Gasteiger partial charge < -0.3 is 89.6 Å². The molecule has 0 spiro atoms. The number of unbranched alkanes of at least 4 members (excludes halogenated alkanes) is 1. The largest absolute Gasteiger partial charge is 3.00 e. The molecule has 15 N–H and O–H groups in total. The molecule has 0 bridgehead atoms. The van der Waals surface area contributed by atoms with Crippen LogP contribution >= 0.6 is 0 Å². The maximum atomic E-state index is 12.3. The van der Waals surface area contributed by atoms with Crippen molar-refractivity contribution in [3.05, 3.63) is 62.5 Å². The van der Waals surface area contributed by atoms with Gasteiger partial charge in [0.05, 0.1) is 37.3 Å². The third kappa shape index (κ3) is 35.2. The minimum absolute atomic E-state index is 0. The number of hydrogen-bond acceptors (Lipinski definition) is 14. The summed E-state index contributed by atoms with van der Waals surface area (Å²) in [6.45, 7) is 28.6. The molecule has 72 heavy (non-hydrogen) atoms. The van der Waals surface area contributed by atoms with Crippen molar-refractivity contribution in [3.8, 4) is 0 Å². The van der Waals surface area contributed by atoms with Crippen LogP contribution in [0.15, 0.2) is 35.7 Å². The summed E-state index contributed by atoms with van der Waals surface area (Å²) in [7, 11) is 0. The van der Waals surface area contributed by atoms with Gasteiger partial charge in [-0.2, -0.15) is 18.3 Å². The van der Waals surface area contributed by atoms with Crippen molar-refractivity contribution in [2.75, 3.05) is 38.2 Å². The number of hydrogen-bond donors (Lipinski definition) is 11. The first kappa shape index (κ1) is 73.5. The van der Waals surface area contributed by atoms with Gasteiger partial charge in [-0.1, -0.05) is 46.2 Å². The van der Waals surface area contributed by atoms with Crippen molar-refractivity contribution < 1.29 is 64.9 Å². The van der Waals surface area contributed by atoms with Gasteiger partial charge in [-0.25, -0.2) is 9.59 Å². The van der Waals surface area contributed by atoms with E-state index >= 15 is 0 Å². The van der Waals surface area contributed by atoms with E-state index in [1.165, 1.54) is 6.42 Å². The van der Waals surface area contributed by atoms with E-state index in [1.54, 1.807) is 31.2 Å². The molecule has 414 valence electrons. The van der Waals surface area contributed by atoms with Crippen molar-refractivity contribution >= 4 is 48.2 Å². The molecule has 4 atom stereocenters. The number of primary amides is 2. The standard InChI is InChI=1S/C21H31N4O5.C19H37N5O3.C4H10N2O.C4H9.CH2O.CH3.Mn/c1-5-7-17(26)25-19(14(3)4)20(28)23-12-18(27)24-16-10-8-15(9-11-16)13-30-21(29)22-6-2;1-18(2,11-26-19(3,4)9-17(21)25)24-27-10-14-12-5-7-15(20)16(23-22)8-6-13(12)14;1-2-3-6-4(5)7;1-3-4-2;1-2;;/h8-11,14,19H,1,5-7,12-13H2,2-4H3,(H,22,29)(H,23,28)(H,24,27)(H,25,26);12-14,23-24H,5-11,20,22H2,1-4H3,(H2,21,25);2-3H2,1H3,(H3,5,6,7);1,3-4H2,2H3;1H2;1H3;/q-1;;;-1;;-1;+3/b;16-15-;;;;;. The second kappa shape index (κ2) is 41.5. The molecule has 1 aromatic rings. The van der Waals surface area contributed by atoms with E-state index in [0.717, 1.165) is 55.5 Å². The predicted molar refractivity (Wildman–Crippen MR) is 279 cm³/mol. The summed E-state index contributed by atoms with van der Waals surface area (Å²) in [5, 5.41) is 12.8. The monoisotopic (exact) mass is 1060 g/mol. The van der Waals surface area contributed by atoms with Crippen LogP contribution < -0.4 is 60.5 Å². The summed E-state index contributed by atoms with van der Waals surface area (Å²) < 4.78 is 10.9. The maximum absolute atomic E-state index is 12.3. The first-order chi connectivity index (χ1) is 33.0. The van der Waals surface area contributed by atoms with Crippen molar-refractivity contribution in [2.24, 2.45) is 46.7 Å². The Balaban J connectivity index is -0.000000506. The molecule has 0 saturated heterocycles. The van der Waals surface area contributed by atoms with Crippen molar-refractivity contribution in [3.63, 3.8) is 0 Å². The molecule has 0 radical (unpaired) electrons. The Bertz CT molecular complexity index is 1720. The average Bonchev–Trinajstić information content (AvgIpc) is 3.97. The number of nitrogens with one attached hydrogen (secondary N) is 7. The number of ether oxygens (including phenoxy) is 2. The predicted octanol–water partition coefficient (Wildman–Crippen LogP) is 4.72. The van der Waals surface area contributed by atoms with Gasteiger partial charge in [-0.3, -0.25) is 25.0 Å². The molecule has 1 saturated carbocycles. The van der Waals surface area contributed by atoms with Gasteiger partial charge in [-0.05, 0) is 115 Å². The second-order valence-electron chi connectivity index (χ2n) is 18.3. The van der Waals surface area contributed by atoms with Crippen LogP contribution in [0.5, 0.6) is 0 Å². The molecule has 1 aromatic carbocycles. The topological polar surface area (TPSA) is 335 Å². The smallest absolute Gasteiger partial charge is 0.445 e. The Hall–Kier alpha value is -4.99. The van der Waals surface area contributed by atoms with E-state index in [2.05, 4.69) is 58.3 Å². The van der Waals surface area contributed by atoms with E-state index in [1.807, 2.05) is 55.3 Å². The number of fused-ring (bicyclic) bond motifs is 1. The molecular formula is C50H92MnN11O10. The zero-order valence-electron chi connectivity index (χ0n) is 44.9. The van der Waals surface area contributed by atoms with E-state index in [4.69, 9.17) is 42.1 Å². The zero-order valence-corrected chi connectivity index (χ0v) is 46.1. The number of urea groups is 1. The molecule has 7 amide bonds. The third-order valence-corrected chi connectivity index (χ3v) is 10.5. The Labute approximate surface area is 441 Å². The van der Waals surface area contributed by atoms with Crippen LogP contribution in [0.1, 0.15) is 132 Å². The number of hydroxylamine groups is 1. The maximum Gasteiger partial charge on any atom is 3.00 e. The van der Waals surface area contributed by atoms with Gasteiger partial charge in [-0.15, -0.1) is 0 Å². The van der Waals surface area contributed by atoms with E-state index in [0.29, 0.717) is 56.2 Å². The summed E-state index contributed by atoms with van der Waals surface area (Å²) in [4.78, 5) is 82.3. The Morgan fingerprint density at radius 2 is 1.44 bits per heavy atom. The quantitative estimate of drug-likeness (QED) is 0.0289. The Morgan fingerprint density at radius 1 is 0.861 bits per heavy atom. The SMILES string of the molecule is C=O.CC(C)(COC(C)(C)CC(N)=O)NOCC1C2CC/C(N)=C(/NN)CCC21.CCCNC(N)=O.[CH2-]CCC.[CH2-]CCC(=O)NC(C(=O)NCC(=O)Nc1ccc(COC(=O)NCC)cc1)C(C)C.[CH3-].[Mn+3]. The molecule has 1 fully saturated rings. The van der Waals surface area contributed by atoms with Gasteiger partial charge in [0, 0.05) is 30.2 Å². The van der Waals surface area contributed by atoms with Gasteiger partial charge in [0.2, 0.25) is 23.6 Å². The van der Waals surface area contributed by atoms with Crippen LogP contribution in [-0.2, 0) is 62.0 Å². The number of amides is 7. The number of nitrogens with two attached hydrogens (primary N) is 4. The molecule has 2 aliphatic rings. The van der Waals surface area contributed by atoms with E-state index in [9.17, 15) is 28.8 Å². The third-order valence-electron chi connectivity index (χ3n) is 10.5. The summed E-state index contributed by atoms with van der Waals surface area (Å²) in [5.41, 5.74) is 24.2. The molecular weight excluding hydrogens is 970 g/mol. The molecule has 0 aliphatic heterocycles. The number of rotatable bonds is 24. The number of anilines is 1. The van der Waals surface area contributed by atoms with Gasteiger partial charge in [0.1, 0.15) is 19.4 Å². The molecule has 2 aliphatic carbocycles. The number of benzene rings is 1. The molecule has 0 heterocycles. The van der Waals surface area contributed by atoms with Crippen LogP contribution in [0.2, 0.25) is 0 Å². The number of hydrazine groups is 1. The first-order valence-electron chi connectivity index (χ1n) is 24.0. The van der Waals surface area contributed by atoms with E-state index < -0.39 is 35.6 Å². The number of carbonyl (C=O) groups is 7. The summed E-state index contributed by atoms with van der Waals surface area (Å²) in [5.74, 6) is 5.91. The zero-order chi connectivity index (χ0) is 53.9. The minimum Gasteiger partial charge on any atom is -0.445 e. The number of allylic oxidation sites excluding steroid dienone is 2. The first-order valence-corrected chi connectivity index (χ1v) is 24.0. The van der Waals surface area contributed by atoms with Crippen molar-refractivity contribution in [2.45, 2.75) is 150 Å². The fraction of sp³-hybridized carbons (Fsp3) is 0.640. The van der Waals surface area contributed by atoms with Crippen LogP contribution in [0, 0.1) is 44.9 Å². The molecule has 3 rings (SSSR count). The fourth-order valence-electron chi connectivity index (χ4n) is 6.65. The Morgan fingerprint density at radius 3 is 1.92 bits per heavy atom. The Kier molecular flexibility index (Phi) is 42.4. The van der Waals surface area contributed by atoms with Gasteiger partial charge >= 0.3 is 29.2 Å². The van der Waals surface area contributed by atoms with Crippen LogP contribution in [0.4, 0.5) is 15.3 Å². The van der Waals surface area contributed by atoms with E-state index in [-0.39, 0.29) is 73.8 Å². The normalized spacial score (nSPS) is 16.8. The summed E-state index contributed by atoms with van der Waals surface area (Å²) in [6, 6.07) is 5.63. The van der Waals surface area contributed by atoms with Gasteiger partial charge in [0.15, 0.2) is 0 Å². The van der Waals surface area contributed by atoms with Gasteiger partial charge in [0.25, 0.3) is 0 Å². The van der Waals surface area contributed by atoms with Crippen LogP contribution in [-0.4, -0.2) is 92.6 Å². The minimum atomic E-state index is -0.721. The number of carbonyl (C=O) groups excluding carboxylic acids is 7. The molecule has 4 unspecified atom stereocenters. The average molecular weight is 1060 g/mol. The molecule has 0 aromatic heterocycles.